The predicted octanol–water partition coefficient (Wildman–Crippen LogP) is 6.61. The molecular weight excluding hydrogens is 550 g/mol. The van der Waals surface area contributed by atoms with Crippen LogP contribution in [0.4, 0.5) is 16.2 Å². The van der Waals surface area contributed by atoms with Gasteiger partial charge in [0.05, 0.1) is 12.3 Å². The number of amides is 1. The number of hydrogen-bond donors (Lipinski definition) is 0. The van der Waals surface area contributed by atoms with Crippen molar-refractivity contribution in [2.45, 2.75) is 63.9 Å². The first-order valence-electron chi connectivity index (χ1n) is 15.5. The van der Waals surface area contributed by atoms with Crippen molar-refractivity contribution in [3.8, 4) is 5.75 Å². The van der Waals surface area contributed by atoms with Gasteiger partial charge in [-0.1, -0.05) is 18.6 Å². The number of hydrogen-bond acceptors (Lipinski definition) is 8. The Bertz CT molecular complexity index is 1360. The molecule has 224 valence electrons. The minimum atomic E-state index is -0.699. The number of carbonyl (C=O) groups excluding carboxylic acids is 2. The maximum Gasteiger partial charge on any atom is 0.510 e. The molecule has 0 radical (unpaired) electrons. The number of unbranched alkanes of at least 4 members (excludes halogenated alkanes) is 1. The lowest BCUT2D eigenvalue weighted by molar-refractivity contribution is -0.119. The summed E-state index contributed by atoms with van der Waals surface area (Å²) in [5, 5.41) is 3.55. The lowest BCUT2D eigenvalue weighted by atomic mass is 9.98. The fraction of sp³-hybridized carbons (Fsp3) is 0.515. The first-order valence-corrected chi connectivity index (χ1v) is 16.3. The highest BCUT2D eigenvalue weighted by Crippen LogP contribution is 2.33. The van der Waals surface area contributed by atoms with Crippen LogP contribution < -0.4 is 14.5 Å². The van der Waals surface area contributed by atoms with Crippen molar-refractivity contribution >= 4 is 44.9 Å². The molecule has 1 saturated heterocycles. The average molecular weight is 592 g/mol. The van der Waals surface area contributed by atoms with Gasteiger partial charge in [0.15, 0.2) is 6.73 Å². The summed E-state index contributed by atoms with van der Waals surface area (Å²) in [6.07, 6.45) is 7.42. The molecule has 6 rings (SSSR count). The molecule has 0 bridgehead atoms. The van der Waals surface area contributed by atoms with E-state index in [0.717, 1.165) is 88.2 Å². The van der Waals surface area contributed by atoms with Gasteiger partial charge >= 0.3 is 6.16 Å². The van der Waals surface area contributed by atoms with E-state index in [9.17, 15) is 9.59 Å². The van der Waals surface area contributed by atoms with E-state index in [1.54, 1.807) is 11.3 Å². The number of nitrogens with zero attached hydrogens (tertiary/aromatic N) is 3. The highest BCUT2D eigenvalue weighted by Gasteiger charge is 2.27. The normalized spacial score (nSPS) is 18.2. The highest BCUT2D eigenvalue weighted by atomic mass is 32.1. The first kappa shape index (κ1) is 28.8. The van der Waals surface area contributed by atoms with Gasteiger partial charge in [-0.25, -0.2) is 4.79 Å². The summed E-state index contributed by atoms with van der Waals surface area (Å²) in [5.41, 5.74) is 3.17. The molecule has 2 fully saturated rings. The standard InChI is InChI=1S/C33H41N3O5S/c37-32-14-12-25-11-13-27(23-30(25)36(32)24-40-33(38)41-26-7-2-1-3-8-26)39-21-5-4-16-34-17-19-35(20-18-34)29-9-6-10-31-28(29)15-22-42-31/h6,9-11,13,15,22-23,26H,1-5,7-8,12,14,16-21,24H2. The van der Waals surface area contributed by atoms with Gasteiger partial charge in [0, 0.05) is 54.4 Å². The zero-order chi connectivity index (χ0) is 28.7. The van der Waals surface area contributed by atoms with E-state index in [-0.39, 0.29) is 18.7 Å². The summed E-state index contributed by atoms with van der Waals surface area (Å²) in [6.45, 7) is 5.81. The zero-order valence-corrected chi connectivity index (χ0v) is 25.1. The number of aryl methyl sites for hydroxylation is 1. The molecule has 0 atom stereocenters. The topological polar surface area (TPSA) is 71.6 Å². The van der Waals surface area contributed by atoms with Crippen LogP contribution in [-0.2, 0) is 20.7 Å². The van der Waals surface area contributed by atoms with E-state index in [1.165, 1.54) is 27.1 Å². The summed E-state index contributed by atoms with van der Waals surface area (Å²) in [4.78, 5) is 31.6. The zero-order valence-electron chi connectivity index (χ0n) is 24.3. The van der Waals surface area contributed by atoms with Crippen LogP contribution in [0, 0.1) is 0 Å². The van der Waals surface area contributed by atoms with Gasteiger partial charge in [-0.3, -0.25) is 14.6 Å². The smallest absolute Gasteiger partial charge is 0.494 e. The number of piperazine rings is 1. The van der Waals surface area contributed by atoms with Crippen molar-refractivity contribution in [3.63, 3.8) is 0 Å². The summed E-state index contributed by atoms with van der Waals surface area (Å²) >= 11 is 1.81. The van der Waals surface area contributed by atoms with Crippen molar-refractivity contribution in [3.05, 3.63) is 53.4 Å². The van der Waals surface area contributed by atoms with Gasteiger partial charge in [0.25, 0.3) is 0 Å². The van der Waals surface area contributed by atoms with Gasteiger partial charge < -0.3 is 19.1 Å². The Morgan fingerprint density at radius 2 is 1.79 bits per heavy atom. The second-order valence-corrected chi connectivity index (χ2v) is 12.5. The van der Waals surface area contributed by atoms with Gasteiger partial charge in [-0.2, -0.15) is 0 Å². The molecule has 1 saturated carbocycles. The summed E-state index contributed by atoms with van der Waals surface area (Å²) < 4.78 is 18.3. The number of fused-ring (bicyclic) bond motifs is 2. The molecule has 3 aliphatic rings. The molecule has 0 N–H and O–H groups in total. The Kier molecular flexibility index (Phi) is 9.45. The molecule has 1 amide bonds. The molecular formula is C33H41N3O5S. The van der Waals surface area contributed by atoms with Crippen LogP contribution >= 0.6 is 11.3 Å². The predicted molar refractivity (Wildman–Crippen MR) is 167 cm³/mol. The summed E-state index contributed by atoms with van der Waals surface area (Å²) in [7, 11) is 0. The molecule has 2 aliphatic heterocycles. The number of ether oxygens (including phenoxy) is 3. The van der Waals surface area contributed by atoms with E-state index in [4.69, 9.17) is 14.2 Å². The van der Waals surface area contributed by atoms with Crippen molar-refractivity contribution in [1.29, 1.82) is 0 Å². The Hall–Kier alpha value is -3.30. The number of benzene rings is 2. The average Bonchev–Trinajstić information content (AvgIpc) is 3.51. The largest absolute Gasteiger partial charge is 0.510 e. The van der Waals surface area contributed by atoms with Crippen LogP contribution in [0.15, 0.2) is 47.8 Å². The minimum absolute atomic E-state index is 0.0581. The fourth-order valence-corrected chi connectivity index (χ4v) is 7.12. The maximum absolute atomic E-state index is 12.7. The third-order valence-electron chi connectivity index (χ3n) is 8.71. The first-order chi connectivity index (χ1) is 20.6. The van der Waals surface area contributed by atoms with Crippen LogP contribution in [0.1, 0.15) is 56.9 Å². The number of carbonyl (C=O) groups is 2. The second kappa shape index (κ2) is 13.8. The van der Waals surface area contributed by atoms with Crippen LogP contribution in [0.3, 0.4) is 0 Å². The van der Waals surface area contributed by atoms with Crippen LogP contribution in [0.25, 0.3) is 10.1 Å². The Labute approximate surface area is 252 Å². The molecule has 3 aromatic rings. The van der Waals surface area contributed by atoms with E-state index >= 15 is 0 Å². The quantitative estimate of drug-likeness (QED) is 0.194. The van der Waals surface area contributed by atoms with E-state index in [1.807, 2.05) is 18.2 Å². The molecule has 3 heterocycles. The third kappa shape index (κ3) is 7.01. The minimum Gasteiger partial charge on any atom is -0.494 e. The van der Waals surface area contributed by atoms with Crippen molar-refractivity contribution < 1.29 is 23.8 Å². The highest BCUT2D eigenvalue weighted by molar-refractivity contribution is 7.17. The van der Waals surface area contributed by atoms with Gasteiger partial charge in [-0.15, -0.1) is 11.3 Å². The molecule has 9 heteroatoms. The molecule has 42 heavy (non-hydrogen) atoms. The van der Waals surface area contributed by atoms with E-state index in [2.05, 4.69) is 39.4 Å². The fourth-order valence-electron chi connectivity index (χ4n) is 6.31. The van der Waals surface area contributed by atoms with Crippen molar-refractivity contribution in [2.75, 3.05) is 55.9 Å². The van der Waals surface area contributed by atoms with Crippen LogP contribution in [0.5, 0.6) is 5.75 Å². The Morgan fingerprint density at radius 3 is 2.64 bits per heavy atom. The molecule has 8 nitrogen and oxygen atoms in total. The van der Waals surface area contributed by atoms with Crippen molar-refractivity contribution in [1.82, 2.24) is 4.90 Å². The van der Waals surface area contributed by atoms with E-state index < -0.39 is 6.16 Å². The summed E-state index contributed by atoms with van der Waals surface area (Å²) in [5.74, 6) is 0.673. The maximum atomic E-state index is 12.7. The molecule has 0 unspecified atom stereocenters. The molecule has 1 aliphatic carbocycles. The van der Waals surface area contributed by atoms with Crippen molar-refractivity contribution in [2.24, 2.45) is 0 Å². The summed E-state index contributed by atoms with van der Waals surface area (Å²) in [6, 6.07) is 14.7. The lowest BCUT2D eigenvalue weighted by Crippen LogP contribution is -2.46. The Morgan fingerprint density at radius 1 is 0.929 bits per heavy atom. The number of anilines is 2. The van der Waals surface area contributed by atoms with Crippen LogP contribution in [-0.4, -0.2) is 69.1 Å². The van der Waals surface area contributed by atoms with Gasteiger partial charge in [0.2, 0.25) is 5.91 Å². The molecule has 2 aromatic carbocycles. The second-order valence-electron chi connectivity index (χ2n) is 11.5. The van der Waals surface area contributed by atoms with Gasteiger partial charge in [-0.05, 0) is 86.7 Å². The van der Waals surface area contributed by atoms with Crippen LogP contribution in [0.2, 0.25) is 0 Å². The molecule has 0 spiro atoms. The molecule has 1 aromatic heterocycles. The Balaban J connectivity index is 0.930. The monoisotopic (exact) mass is 591 g/mol. The van der Waals surface area contributed by atoms with Gasteiger partial charge in [0.1, 0.15) is 11.9 Å². The number of rotatable bonds is 10. The number of thiophene rings is 1. The SMILES string of the molecule is O=C(OCN1C(=O)CCc2ccc(OCCCCN3CCN(c4cccc5sccc45)CC3)cc21)OC1CCCCC1. The lowest BCUT2D eigenvalue weighted by Gasteiger charge is -2.36. The van der Waals surface area contributed by atoms with E-state index in [0.29, 0.717) is 19.4 Å². The third-order valence-corrected chi connectivity index (χ3v) is 9.59.